The number of aromatic nitrogens is 2. The first-order chi connectivity index (χ1) is 13.6. The number of carbonyl (C=O) groups is 1. The maximum Gasteiger partial charge on any atom is 0.278 e. The number of nitrogens with zero attached hydrogens (tertiary/aromatic N) is 2. The largest absolute Gasteiger partial charge is 0.395 e. The number of hydrogen-bond donors (Lipinski definition) is 4. The van der Waals surface area contributed by atoms with E-state index in [2.05, 4.69) is 20.3 Å². The third-order valence-electron chi connectivity index (χ3n) is 5.60. The Labute approximate surface area is 175 Å². The summed E-state index contributed by atoms with van der Waals surface area (Å²) in [5, 5.41) is 22.6. The summed E-state index contributed by atoms with van der Waals surface area (Å²) in [6.07, 6.45) is 1.22. The summed E-state index contributed by atoms with van der Waals surface area (Å²) in [5.74, 6) is -0.196. The number of anilines is 1. The number of H-pyrrole nitrogens is 1. The van der Waals surface area contributed by atoms with Crippen LogP contribution in [-0.2, 0) is 4.79 Å². The summed E-state index contributed by atoms with van der Waals surface area (Å²) in [6, 6.07) is 0. The number of thioether (sulfide) groups is 1. The Hall–Kier alpha value is -1.71. The molecule has 1 aromatic rings. The van der Waals surface area contributed by atoms with E-state index < -0.39 is 11.7 Å². The Balaban J connectivity index is 2.12. The molecule has 0 spiro atoms. The van der Waals surface area contributed by atoms with Crippen molar-refractivity contribution in [2.45, 2.75) is 58.1 Å². The molecule has 6 atom stereocenters. The molecule has 1 fully saturated rings. The summed E-state index contributed by atoms with van der Waals surface area (Å²) in [4.78, 5) is 35.3. The summed E-state index contributed by atoms with van der Waals surface area (Å²) in [6.45, 7) is 11.2. The van der Waals surface area contributed by atoms with Gasteiger partial charge < -0.3 is 10.2 Å². The summed E-state index contributed by atoms with van der Waals surface area (Å²) >= 11 is 1.62. The van der Waals surface area contributed by atoms with Crippen LogP contribution in [0.3, 0.4) is 0 Å². The fourth-order valence-electron chi connectivity index (χ4n) is 3.25. The van der Waals surface area contributed by atoms with Crippen molar-refractivity contribution in [2.24, 2.45) is 28.7 Å². The van der Waals surface area contributed by atoms with Gasteiger partial charge in [-0.2, -0.15) is 0 Å². The van der Waals surface area contributed by atoms with Gasteiger partial charge in [-0.05, 0) is 24.7 Å². The van der Waals surface area contributed by atoms with Gasteiger partial charge in [-0.15, -0.1) is 11.8 Å². The normalized spacial score (nSPS) is 26.8. The molecule has 29 heavy (non-hydrogen) atoms. The zero-order chi connectivity index (χ0) is 21.9. The number of amides is 1. The number of carbonyl (C=O) groups excluding carboxylic acids is 1. The van der Waals surface area contributed by atoms with Crippen molar-refractivity contribution in [1.82, 2.24) is 9.97 Å². The Morgan fingerprint density at radius 2 is 2.03 bits per heavy atom. The van der Waals surface area contributed by atoms with Gasteiger partial charge in [0, 0.05) is 22.6 Å². The van der Waals surface area contributed by atoms with E-state index >= 15 is 0 Å². The average Bonchev–Trinajstić information content (AvgIpc) is 2.94. The lowest BCUT2D eigenvalue weighted by Gasteiger charge is -2.26. The summed E-state index contributed by atoms with van der Waals surface area (Å²) < 4.78 is 0. The van der Waals surface area contributed by atoms with Crippen molar-refractivity contribution < 1.29 is 15.0 Å². The summed E-state index contributed by atoms with van der Waals surface area (Å²) in [5.41, 5.74) is 0.206. The van der Waals surface area contributed by atoms with E-state index in [-0.39, 0.29) is 58.3 Å². The van der Waals surface area contributed by atoms with Crippen molar-refractivity contribution in [3.8, 4) is 0 Å². The number of aliphatic hydroxyl groups is 2. The van der Waals surface area contributed by atoms with E-state index in [1.807, 2.05) is 20.8 Å². The standard InChI is InChI=1S/C20H32N4O4S/c1-9(2)18(27)23-20-22-13(6)15(19(28)24-20)21-7-10(3)11(4)17-16(26)12(5)14(8-25)29-17/h7,9-12,14,16-17,25-26H,8H2,1-6H3,(H2,22,23,24,27,28)/b21-7-/t10?,11?,12?,14-,16?,17+/m1/s1. The van der Waals surface area contributed by atoms with E-state index in [4.69, 9.17) is 0 Å². The minimum absolute atomic E-state index is 0.00488. The fourth-order valence-corrected chi connectivity index (χ4v) is 5.05. The number of aliphatic imine (C=N–C) groups is 1. The van der Waals surface area contributed by atoms with Crippen molar-refractivity contribution in [3.05, 3.63) is 16.0 Å². The highest BCUT2D eigenvalue weighted by Gasteiger charge is 2.43. The predicted octanol–water partition coefficient (Wildman–Crippen LogP) is 2.12. The SMILES string of the molecule is Cc1nc(NC(=O)C(C)C)[nH]c(=O)c1/N=C\C(C)C(C)[C@@H]1S[C@H](CO)C(C)C1O. The zero-order valence-electron chi connectivity index (χ0n) is 17.8. The van der Waals surface area contributed by atoms with Crippen LogP contribution in [0, 0.1) is 30.6 Å². The average molecular weight is 425 g/mol. The number of rotatable bonds is 7. The highest BCUT2D eigenvalue weighted by molar-refractivity contribution is 8.00. The van der Waals surface area contributed by atoms with Crippen LogP contribution in [0.5, 0.6) is 0 Å². The van der Waals surface area contributed by atoms with Crippen LogP contribution < -0.4 is 10.9 Å². The molecule has 1 aliphatic heterocycles. The molecule has 0 aromatic carbocycles. The van der Waals surface area contributed by atoms with Gasteiger partial charge >= 0.3 is 0 Å². The van der Waals surface area contributed by atoms with Crippen LogP contribution in [0.15, 0.2) is 9.79 Å². The van der Waals surface area contributed by atoms with Crippen molar-refractivity contribution in [3.63, 3.8) is 0 Å². The Bertz CT molecular complexity index is 810. The van der Waals surface area contributed by atoms with Gasteiger partial charge in [0.1, 0.15) is 5.69 Å². The van der Waals surface area contributed by atoms with Crippen LogP contribution in [0.25, 0.3) is 0 Å². The highest BCUT2D eigenvalue weighted by Crippen LogP contribution is 2.43. The zero-order valence-corrected chi connectivity index (χ0v) is 18.7. The minimum Gasteiger partial charge on any atom is -0.395 e. The lowest BCUT2D eigenvalue weighted by Crippen LogP contribution is -2.33. The second-order valence-electron chi connectivity index (χ2n) is 8.16. The third kappa shape index (κ3) is 5.46. The Kier molecular flexibility index (Phi) is 8.02. The van der Waals surface area contributed by atoms with E-state index in [0.29, 0.717) is 5.69 Å². The van der Waals surface area contributed by atoms with Crippen LogP contribution in [0.2, 0.25) is 0 Å². The molecule has 8 nitrogen and oxygen atoms in total. The van der Waals surface area contributed by atoms with E-state index in [1.54, 1.807) is 38.7 Å². The molecule has 162 valence electrons. The third-order valence-corrected chi connectivity index (χ3v) is 7.55. The molecule has 1 aromatic heterocycles. The van der Waals surface area contributed by atoms with Gasteiger partial charge in [-0.3, -0.25) is 24.9 Å². The van der Waals surface area contributed by atoms with Gasteiger partial charge in [0.05, 0.1) is 18.4 Å². The fraction of sp³-hybridized carbons (Fsp3) is 0.700. The molecule has 0 radical (unpaired) electrons. The van der Waals surface area contributed by atoms with E-state index in [1.165, 1.54) is 0 Å². The van der Waals surface area contributed by atoms with Crippen LogP contribution in [0.1, 0.15) is 40.3 Å². The van der Waals surface area contributed by atoms with Crippen LogP contribution >= 0.6 is 11.8 Å². The molecule has 0 bridgehead atoms. The van der Waals surface area contributed by atoms with Crippen LogP contribution in [0.4, 0.5) is 11.6 Å². The number of aryl methyl sites for hydroxylation is 1. The summed E-state index contributed by atoms with van der Waals surface area (Å²) in [7, 11) is 0. The lowest BCUT2D eigenvalue weighted by molar-refractivity contribution is -0.118. The lowest BCUT2D eigenvalue weighted by atomic mass is 9.86. The second-order valence-corrected chi connectivity index (χ2v) is 9.58. The Morgan fingerprint density at radius 3 is 2.55 bits per heavy atom. The first-order valence-electron chi connectivity index (χ1n) is 9.97. The maximum absolute atomic E-state index is 12.4. The smallest absolute Gasteiger partial charge is 0.278 e. The maximum atomic E-state index is 12.4. The molecule has 1 saturated heterocycles. The predicted molar refractivity (Wildman–Crippen MR) is 117 cm³/mol. The monoisotopic (exact) mass is 424 g/mol. The molecule has 1 amide bonds. The molecule has 4 unspecified atom stereocenters. The molecule has 0 saturated carbocycles. The van der Waals surface area contributed by atoms with Gasteiger partial charge in [-0.1, -0.05) is 34.6 Å². The minimum atomic E-state index is -0.487. The van der Waals surface area contributed by atoms with Crippen molar-refractivity contribution >= 4 is 35.5 Å². The number of nitrogens with one attached hydrogen (secondary N) is 2. The molecule has 4 N–H and O–H groups in total. The highest BCUT2D eigenvalue weighted by atomic mass is 32.2. The van der Waals surface area contributed by atoms with E-state index in [9.17, 15) is 19.8 Å². The molecule has 9 heteroatoms. The first kappa shape index (κ1) is 23.6. The molecule has 2 heterocycles. The van der Waals surface area contributed by atoms with Crippen LogP contribution in [-0.4, -0.2) is 55.5 Å². The quantitative estimate of drug-likeness (QED) is 0.497. The molecule has 2 rings (SSSR count). The van der Waals surface area contributed by atoms with E-state index in [0.717, 1.165) is 0 Å². The van der Waals surface area contributed by atoms with Crippen molar-refractivity contribution in [2.75, 3.05) is 11.9 Å². The number of aromatic amines is 1. The number of hydrogen-bond acceptors (Lipinski definition) is 7. The van der Waals surface area contributed by atoms with Gasteiger partial charge in [0.25, 0.3) is 5.56 Å². The molecule has 1 aliphatic rings. The second kappa shape index (κ2) is 9.86. The van der Waals surface area contributed by atoms with Crippen molar-refractivity contribution in [1.29, 1.82) is 0 Å². The van der Waals surface area contributed by atoms with Gasteiger partial charge in [0.2, 0.25) is 11.9 Å². The Morgan fingerprint density at radius 1 is 1.38 bits per heavy atom. The van der Waals surface area contributed by atoms with Gasteiger partial charge in [0.15, 0.2) is 0 Å². The first-order valence-corrected chi connectivity index (χ1v) is 10.9. The topological polar surface area (TPSA) is 128 Å². The number of aliphatic hydroxyl groups excluding tert-OH is 2. The molecular weight excluding hydrogens is 392 g/mol. The molecular formula is C20H32N4O4S. The molecule has 0 aliphatic carbocycles. The van der Waals surface area contributed by atoms with Gasteiger partial charge in [-0.25, -0.2) is 4.98 Å².